The molecule has 0 saturated carbocycles. The average Bonchev–Trinajstić information content (AvgIpc) is 2.35. The summed E-state index contributed by atoms with van der Waals surface area (Å²) in [6.07, 6.45) is 1.04. The lowest BCUT2D eigenvalue weighted by Crippen LogP contribution is -2.12. The van der Waals surface area contributed by atoms with Crippen molar-refractivity contribution >= 4 is 11.5 Å². The van der Waals surface area contributed by atoms with Crippen molar-refractivity contribution in [2.24, 2.45) is 10.9 Å². The summed E-state index contributed by atoms with van der Waals surface area (Å²) in [5.41, 5.74) is 6.05. The number of hydrogen-bond acceptors (Lipinski definition) is 5. The van der Waals surface area contributed by atoms with E-state index in [4.69, 9.17) is 15.7 Å². The molecule has 3 N–H and O–H groups in total. The van der Waals surface area contributed by atoms with E-state index in [2.05, 4.69) is 5.16 Å². The molecule has 1 aromatic rings. The van der Waals surface area contributed by atoms with Crippen molar-refractivity contribution in [1.82, 2.24) is 0 Å². The molecule has 0 atom stereocenters. The van der Waals surface area contributed by atoms with Crippen LogP contribution in [-0.4, -0.2) is 22.6 Å². The van der Waals surface area contributed by atoms with Gasteiger partial charge in [-0.1, -0.05) is 5.16 Å². The van der Waals surface area contributed by atoms with Gasteiger partial charge in [0.05, 0.1) is 11.5 Å². The standard InChI is InChI=1S/C11H15N3O4/c1-8-7-9(14(16)17)4-5-10(8)18-6-2-3-11(12)13-15/h4-5,7,15H,2-3,6H2,1H3,(H2,12,13). The van der Waals surface area contributed by atoms with Crippen LogP contribution < -0.4 is 10.5 Å². The minimum atomic E-state index is -0.449. The van der Waals surface area contributed by atoms with E-state index in [0.717, 1.165) is 0 Å². The molecule has 0 aliphatic rings. The summed E-state index contributed by atoms with van der Waals surface area (Å²) in [6.45, 7) is 2.14. The molecular weight excluding hydrogens is 238 g/mol. The van der Waals surface area contributed by atoms with Gasteiger partial charge in [-0.3, -0.25) is 10.1 Å². The fourth-order valence-electron chi connectivity index (χ4n) is 1.39. The first-order valence-corrected chi connectivity index (χ1v) is 5.39. The SMILES string of the molecule is Cc1cc([N+](=O)[O-])ccc1OCCC/C(N)=N/O. The summed E-state index contributed by atoms with van der Waals surface area (Å²) in [7, 11) is 0. The van der Waals surface area contributed by atoms with E-state index < -0.39 is 4.92 Å². The average molecular weight is 253 g/mol. The number of nitro benzene ring substituents is 1. The molecule has 0 spiro atoms. The number of ether oxygens (including phenoxy) is 1. The van der Waals surface area contributed by atoms with E-state index in [1.807, 2.05) is 0 Å². The zero-order chi connectivity index (χ0) is 13.5. The molecule has 1 rings (SSSR count). The molecule has 0 radical (unpaired) electrons. The predicted molar refractivity (Wildman–Crippen MR) is 66.0 cm³/mol. The molecule has 1 aromatic carbocycles. The minimum absolute atomic E-state index is 0.0384. The lowest BCUT2D eigenvalue weighted by molar-refractivity contribution is -0.384. The van der Waals surface area contributed by atoms with Gasteiger partial charge < -0.3 is 15.7 Å². The highest BCUT2D eigenvalue weighted by Gasteiger charge is 2.08. The third kappa shape index (κ3) is 3.93. The third-order valence-corrected chi connectivity index (χ3v) is 2.33. The van der Waals surface area contributed by atoms with E-state index in [-0.39, 0.29) is 11.5 Å². The summed E-state index contributed by atoms with van der Waals surface area (Å²) in [4.78, 5) is 10.1. The van der Waals surface area contributed by atoms with E-state index in [0.29, 0.717) is 30.8 Å². The normalized spacial score (nSPS) is 11.3. The summed E-state index contributed by atoms with van der Waals surface area (Å²) in [5, 5.41) is 21.7. The Bertz CT molecular complexity index is 460. The minimum Gasteiger partial charge on any atom is -0.493 e. The van der Waals surface area contributed by atoms with E-state index in [9.17, 15) is 10.1 Å². The van der Waals surface area contributed by atoms with Crippen LogP contribution in [0.2, 0.25) is 0 Å². The Labute approximate surface area is 104 Å². The van der Waals surface area contributed by atoms with Crippen LogP contribution >= 0.6 is 0 Å². The van der Waals surface area contributed by atoms with Crippen molar-refractivity contribution in [3.8, 4) is 5.75 Å². The third-order valence-electron chi connectivity index (χ3n) is 2.33. The summed E-state index contributed by atoms with van der Waals surface area (Å²) in [6, 6.07) is 4.42. The zero-order valence-electron chi connectivity index (χ0n) is 10.00. The summed E-state index contributed by atoms with van der Waals surface area (Å²) >= 11 is 0. The van der Waals surface area contributed by atoms with Gasteiger partial charge in [-0.25, -0.2) is 0 Å². The maximum atomic E-state index is 10.5. The smallest absolute Gasteiger partial charge is 0.269 e. The molecule has 0 aliphatic carbocycles. The second kappa shape index (κ2) is 6.43. The highest BCUT2D eigenvalue weighted by Crippen LogP contribution is 2.23. The number of nitrogens with zero attached hydrogens (tertiary/aromatic N) is 2. The molecule has 0 aromatic heterocycles. The van der Waals surface area contributed by atoms with Gasteiger partial charge >= 0.3 is 0 Å². The van der Waals surface area contributed by atoms with Crippen LogP contribution in [0.3, 0.4) is 0 Å². The second-order valence-corrected chi connectivity index (χ2v) is 3.75. The van der Waals surface area contributed by atoms with Gasteiger partial charge in [0, 0.05) is 18.6 Å². The highest BCUT2D eigenvalue weighted by molar-refractivity contribution is 5.79. The second-order valence-electron chi connectivity index (χ2n) is 3.75. The number of rotatable bonds is 6. The number of benzene rings is 1. The molecule has 18 heavy (non-hydrogen) atoms. The van der Waals surface area contributed by atoms with Crippen LogP contribution in [-0.2, 0) is 0 Å². The van der Waals surface area contributed by atoms with E-state index >= 15 is 0 Å². The molecule has 0 unspecified atom stereocenters. The topological polar surface area (TPSA) is 111 Å². The number of amidine groups is 1. The number of hydrogen-bond donors (Lipinski definition) is 2. The molecule has 0 heterocycles. The zero-order valence-corrected chi connectivity index (χ0v) is 10.00. The molecule has 0 saturated heterocycles. The lowest BCUT2D eigenvalue weighted by atomic mass is 10.2. The van der Waals surface area contributed by atoms with Crippen molar-refractivity contribution in [1.29, 1.82) is 0 Å². The Morgan fingerprint density at radius 2 is 2.33 bits per heavy atom. The van der Waals surface area contributed by atoms with Gasteiger partial charge in [-0.05, 0) is 25.0 Å². The van der Waals surface area contributed by atoms with Gasteiger partial charge in [-0.2, -0.15) is 0 Å². The van der Waals surface area contributed by atoms with Crippen molar-refractivity contribution < 1.29 is 14.9 Å². The number of non-ortho nitro benzene ring substituents is 1. The van der Waals surface area contributed by atoms with Crippen LogP contribution in [0.5, 0.6) is 5.75 Å². The van der Waals surface area contributed by atoms with Crippen LogP contribution in [0, 0.1) is 17.0 Å². The first-order chi connectivity index (χ1) is 8.54. The van der Waals surface area contributed by atoms with Gasteiger partial charge in [-0.15, -0.1) is 0 Å². The van der Waals surface area contributed by atoms with Gasteiger partial charge in [0.1, 0.15) is 11.6 Å². The molecule has 98 valence electrons. The molecule has 0 aliphatic heterocycles. The summed E-state index contributed by atoms with van der Waals surface area (Å²) in [5.74, 6) is 0.749. The quantitative estimate of drug-likeness (QED) is 0.200. The predicted octanol–water partition coefficient (Wildman–Crippen LogP) is 1.81. The van der Waals surface area contributed by atoms with Crippen LogP contribution in [0.1, 0.15) is 18.4 Å². The Morgan fingerprint density at radius 1 is 1.61 bits per heavy atom. The van der Waals surface area contributed by atoms with Gasteiger partial charge in [0.15, 0.2) is 0 Å². The number of nitrogens with two attached hydrogens (primary N) is 1. The first kappa shape index (κ1) is 13.8. The lowest BCUT2D eigenvalue weighted by Gasteiger charge is -2.08. The van der Waals surface area contributed by atoms with Crippen molar-refractivity contribution in [2.45, 2.75) is 19.8 Å². The molecule has 7 heteroatoms. The fraction of sp³-hybridized carbons (Fsp3) is 0.364. The fourth-order valence-corrected chi connectivity index (χ4v) is 1.39. The van der Waals surface area contributed by atoms with Crippen molar-refractivity contribution in [3.05, 3.63) is 33.9 Å². The van der Waals surface area contributed by atoms with E-state index in [1.165, 1.54) is 12.1 Å². The van der Waals surface area contributed by atoms with Crippen molar-refractivity contribution in [2.75, 3.05) is 6.61 Å². The Hall–Kier alpha value is -2.31. The number of aryl methyl sites for hydroxylation is 1. The van der Waals surface area contributed by atoms with E-state index in [1.54, 1.807) is 13.0 Å². The summed E-state index contributed by atoms with van der Waals surface area (Å²) < 4.78 is 5.45. The number of nitro groups is 1. The molecule has 0 fully saturated rings. The Morgan fingerprint density at radius 3 is 2.89 bits per heavy atom. The highest BCUT2D eigenvalue weighted by atomic mass is 16.6. The molecular formula is C11H15N3O4. The molecule has 0 bridgehead atoms. The molecule has 7 nitrogen and oxygen atoms in total. The molecule has 0 amide bonds. The maximum absolute atomic E-state index is 10.5. The van der Waals surface area contributed by atoms with Crippen molar-refractivity contribution in [3.63, 3.8) is 0 Å². The maximum Gasteiger partial charge on any atom is 0.269 e. The first-order valence-electron chi connectivity index (χ1n) is 5.39. The monoisotopic (exact) mass is 253 g/mol. The van der Waals surface area contributed by atoms with Crippen LogP contribution in [0.4, 0.5) is 5.69 Å². The Kier molecular flexibility index (Phi) is 4.91. The van der Waals surface area contributed by atoms with Gasteiger partial charge in [0.25, 0.3) is 5.69 Å². The van der Waals surface area contributed by atoms with Crippen LogP contribution in [0.25, 0.3) is 0 Å². The number of oxime groups is 1. The Balaban J connectivity index is 2.51. The largest absolute Gasteiger partial charge is 0.493 e. The van der Waals surface area contributed by atoms with Crippen LogP contribution in [0.15, 0.2) is 23.4 Å². The van der Waals surface area contributed by atoms with Gasteiger partial charge in [0.2, 0.25) is 0 Å².